The van der Waals surface area contributed by atoms with E-state index in [2.05, 4.69) is 20.6 Å². The number of fused-ring (bicyclic) bond motifs is 1. The summed E-state index contributed by atoms with van der Waals surface area (Å²) in [5, 5.41) is 15.3. The molecule has 5 rings (SSSR count). The largest absolute Gasteiger partial charge is 0.491 e. The van der Waals surface area contributed by atoms with Crippen LogP contribution in [0.5, 0.6) is 5.75 Å². The normalized spacial score (nSPS) is 11.8. The second-order valence-electron chi connectivity index (χ2n) is 7.90. The molecule has 1 aromatic carbocycles. The Bertz CT molecular complexity index is 1630. The fourth-order valence-corrected chi connectivity index (χ4v) is 4.35. The Hall–Kier alpha value is -4.19. The molecular weight excluding hydrogens is 456 g/mol. The summed E-state index contributed by atoms with van der Waals surface area (Å²) in [7, 11) is 0.0499. The number of aromatic amines is 1. The average molecular weight is 479 g/mol. The fourth-order valence-electron chi connectivity index (χ4n) is 3.69. The summed E-state index contributed by atoms with van der Waals surface area (Å²) in [6, 6.07) is 8.63. The van der Waals surface area contributed by atoms with E-state index >= 15 is 0 Å². The predicted octanol–water partition coefficient (Wildman–Crippen LogP) is 3.01. The summed E-state index contributed by atoms with van der Waals surface area (Å²) < 4.78 is 33.1. The maximum atomic E-state index is 12.0. The van der Waals surface area contributed by atoms with E-state index < -0.39 is 9.84 Å². The number of hydrogen-bond acceptors (Lipinski definition) is 8. The van der Waals surface area contributed by atoms with Gasteiger partial charge in [-0.2, -0.15) is 15.2 Å². The molecule has 4 heterocycles. The minimum Gasteiger partial charge on any atom is -0.491 e. The van der Waals surface area contributed by atoms with E-state index in [0.29, 0.717) is 29.0 Å². The predicted molar refractivity (Wildman–Crippen MR) is 127 cm³/mol. The Morgan fingerprint density at radius 2 is 1.97 bits per heavy atom. The van der Waals surface area contributed by atoms with Gasteiger partial charge in [0.25, 0.3) is 0 Å². The highest BCUT2D eigenvalue weighted by molar-refractivity contribution is 7.90. The number of H-pyrrole nitrogens is 1. The molecule has 0 radical (unpaired) electrons. The van der Waals surface area contributed by atoms with Crippen LogP contribution < -0.4 is 10.1 Å². The van der Waals surface area contributed by atoms with Crippen LogP contribution in [-0.2, 0) is 16.9 Å². The SMILES string of the molecule is COc1c(Nc2cc(C)[nH]n2)nc(-n2ccc3cc(S(C)(=O)=O)ccc32)nc1-c1cnn(C)c1. The minimum absolute atomic E-state index is 0.251. The third-order valence-electron chi connectivity index (χ3n) is 5.29. The molecule has 0 unspecified atom stereocenters. The molecule has 2 N–H and O–H groups in total. The lowest BCUT2D eigenvalue weighted by atomic mass is 10.2. The van der Waals surface area contributed by atoms with E-state index in [0.717, 1.165) is 22.2 Å². The first-order valence-electron chi connectivity index (χ1n) is 10.3. The maximum Gasteiger partial charge on any atom is 0.236 e. The quantitative estimate of drug-likeness (QED) is 0.381. The van der Waals surface area contributed by atoms with Crippen molar-refractivity contribution in [1.82, 2.24) is 34.5 Å². The molecule has 0 spiro atoms. The maximum absolute atomic E-state index is 12.0. The number of methoxy groups -OCH3 is 1. The molecule has 4 aromatic heterocycles. The van der Waals surface area contributed by atoms with Crippen LogP contribution in [0.25, 0.3) is 28.1 Å². The summed E-state index contributed by atoms with van der Waals surface area (Å²) in [4.78, 5) is 9.76. The van der Waals surface area contributed by atoms with Crippen LogP contribution in [0, 0.1) is 6.92 Å². The molecule has 0 aliphatic heterocycles. The molecule has 34 heavy (non-hydrogen) atoms. The number of nitrogens with one attached hydrogen (secondary N) is 2. The van der Waals surface area contributed by atoms with Crippen molar-refractivity contribution in [2.24, 2.45) is 7.05 Å². The smallest absolute Gasteiger partial charge is 0.236 e. The van der Waals surface area contributed by atoms with Gasteiger partial charge in [-0.3, -0.25) is 14.3 Å². The van der Waals surface area contributed by atoms with E-state index in [1.165, 1.54) is 6.26 Å². The molecule has 11 nitrogen and oxygen atoms in total. The Balaban J connectivity index is 1.71. The van der Waals surface area contributed by atoms with Crippen LogP contribution in [0.15, 0.2) is 53.8 Å². The van der Waals surface area contributed by atoms with Crippen LogP contribution in [0.3, 0.4) is 0 Å². The topological polar surface area (TPSA) is 133 Å². The van der Waals surface area contributed by atoms with Gasteiger partial charge in [-0.25, -0.2) is 13.4 Å². The average Bonchev–Trinajstić information content (AvgIpc) is 3.52. The number of rotatable bonds is 6. The van der Waals surface area contributed by atoms with E-state index in [1.54, 1.807) is 47.0 Å². The molecule has 0 saturated carbocycles. The zero-order valence-corrected chi connectivity index (χ0v) is 19.8. The van der Waals surface area contributed by atoms with Crippen molar-refractivity contribution in [3.05, 3.63) is 54.6 Å². The molecule has 0 atom stereocenters. The summed E-state index contributed by atoms with van der Waals surface area (Å²) in [6.45, 7) is 1.90. The highest BCUT2D eigenvalue weighted by Crippen LogP contribution is 2.36. The summed E-state index contributed by atoms with van der Waals surface area (Å²) >= 11 is 0. The van der Waals surface area contributed by atoms with Crippen LogP contribution >= 0.6 is 0 Å². The van der Waals surface area contributed by atoms with Crippen molar-refractivity contribution in [2.75, 3.05) is 18.7 Å². The van der Waals surface area contributed by atoms with Gasteiger partial charge >= 0.3 is 0 Å². The van der Waals surface area contributed by atoms with Gasteiger partial charge in [0.15, 0.2) is 27.2 Å². The van der Waals surface area contributed by atoms with Crippen molar-refractivity contribution in [2.45, 2.75) is 11.8 Å². The molecule has 5 aromatic rings. The zero-order chi connectivity index (χ0) is 24.0. The van der Waals surface area contributed by atoms with Gasteiger partial charge in [0, 0.05) is 48.4 Å². The van der Waals surface area contributed by atoms with Gasteiger partial charge in [0.05, 0.1) is 23.7 Å². The Kier molecular flexibility index (Phi) is 5.09. The van der Waals surface area contributed by atoms with Crippen molar-refractivity contribution in [1.29, 1.82) is 0 Å². The molecule has 0 fully saturated rings. The van der Waals surface area contributed by atoms with Gasteiger partial charge in [0.1, 0.15) is 5.69 Å². The van der Waals surface area contributed by atoms with E-state index in [4.69, 9.17) is 14.7 Å². The van der Waals surface area contributed by atoms with E-state index in [1.807, 2.05) is 32.3 Å². The third-order valence-corrected chi connectivity index (χ3v) is 6.40. The number of hydrogen-bond donors (Lipinski definition) is 2. The first-order valence-corrected chi connectivity index (χ1v) is 12.2. The number of ether oxygens (including phenoxy) is 1. The lowest BCUT2D eigenvalue weighted by Crippen LogP contribution is -2.07. The van der Waals surface area contributed by atoms with E-state index in [-0.39, 0.29) is 4.90 Å². The fraction of sp³-hybridized carbons (Fsp3) is 0.182. The van der Waals surface area contributed by atoms with E-state index in [9.17, 15) is 8.42 Å². The van der Waals surface area contributed by atoms with Crippen LogP contribution in [0.1, 0.15) is 5.69 Å². The summed E-state index contributed by atoms with van der Waals surface area (Å²) in [5.41, 5.74) is 2.95. The minimum atomic E-state index is -3.32. The Morgan fingerprint density at radius 3 is 2.62 bits per heavy atom. The number of sulfone groups is 1. The van der Waals surface area contributed by atoms with Crippen molar-refractivity contribution < 1.29 is 13.2 Å². The first kappa shape index (κ1) is 21.6. The monoisotopic (exact) mass is 478 g/mol. The molecule has 0 amide bonds. The standard InChI is InChI=1S/C22H22N8O3S/c1-13-9-18(28-27-13)24-21-20(33-3)19(15-11-23-29(2)12-15)25-22(26-21)30-8-7-14-10-16(34(4,31)32)5-6-17(14)30/h5-12H,1-4H3,(H2,24,25,26,27,28). The summed E-state index contributed by atoms with van der Waals surface area (Å²) in [5.74, 6) is 1.81. The number of benzene rings is 1. The lowest BCUT2D eigenvalue weighted by molar-refractivity contribution is 0.415. The number of aromatic nitrogens is 7. The Labute approximate surface area is 195 Å². The second-order valence-corrected chi connectivity index (χ2v) is 9.91. The zero-order valence-electron chi connectivity index (χ0n) is 18.9. The molecule has 12 heteroatoms. The number of nitrogens with zero attached hydrogens (tertiary/aromatic N) is 6. The highest BCUT2D eigenvalue weighted by atomic mass is 32.2. The third kappa shape index (κ3) is 3.88. The van der Waals surface area contributed by atoms with Crippen LogP contribution in [0.2, 0.25) is 0 Å². The molecule has 174 valence electrons. The number of aryl methyl sites for hydroxylation is 2. The second kappa shape index (κ2) is 7.99. The van der Waals surface area contributed by atoms with Crippen molar-refractivity contribution >= 4 is 32.4 Å². The molecule has 0 aliphatic carbocycles. The first-order chi connectivity index (χ1) is 16.2. The molecule has 0 saturated heterocycles. The van der Waals surface area contributed by atoms with Crippen LogP contribution in [-0.4, -0.2) is 56.3 Å². The molecular formula is C22H22N8O3S. The number of anilines is 2. The van der Waals surface area contributed by atoms with Crippen molar-refractivity contribution in [3.63, 3.8) is 0 Å². The van der Waals surface area contributed by atoms with Crippen LogP contribution in [0.4, 0.5) is 11.6 Å². The van der Waals surface area contributed by atoms with Gasteiger partial charge in [-0.1, -0.05) is 0 Å². The van der Waals surface area contributed by atoms with Gasteiger partial charge in [0.2, 0.25) is 5.95 Å². The van der Waals surface area contributed by atoms with Gasteiger partial charge < -0.3 is 10.1 Å². The van der Waals surface area contributed by atoms with Gasteiger partial charge in [-0.05, 0) is 31.2 Å². The lowest BCUT2D eigenvalue weighted by Gasteiger charge is -2.15. The highest BCUT2D eigenvalue weighted by Gasteiger charge is 2.21. The van der Waals surface area contributed by atoms with Gasteiger partial charge in [-0.15, -0.1) is 0 Å². The summed E-state index contributed by atoms with van der Waals surface area (Å²) in [6.07, 6.45) is 6.52. The molecule has 0 bridgehead atoms. The van der Waals surface area contributed by atoms with Crippen molar-refractivity contribution in [3.8, 4) is 23.0 Å². The Morgan fingerprint density at radius 1 is 1.15 bits per heavy atom. The molecule has 0 aliphatic rings.